The number of hydrogen-bond acceptors (Lipinski definition) is 4. The lowest BCUT2D eigenvalue weighted by molar-refractivity contribution is -0.147. The summed E-state index contributed by atoms with van der Waals surface area (Å²) in [4.78, 5) is 46.2. The normalized spacial score (nSPS) is 37.7. The maximum atomic E-state index is 13.1. The minimum absolute atomic E-state index is 0.0840. The summed E-state index contributed by atoms with van der Waals surface area (Å²) in [6.07, 6.45) is 10.9. The first-order valence-corrected chi connectivity index (χ1v) is 10.8. The molecular weight excluding hydrogens is 366 g/mol. The van der Waals surface area contributed by atoms with E-state index in [1.165, 1.54) is 10.5 Å². The van der Waals surface area contributed by atoms with Gasteiger partial charge in [0.15, 0.2) is 0 Å². The van der Waals surface area contributed by atoms with E-state index in [4.69, 9.17) is 0 Å². The van der Waals surface area contributed by atoms with Crippen LogP contribution >= 0.6 is 0 Å². The van der Waals surface area contributed by atoms with E-state index in [9.17, 15) is 14.4 Å². The smallest absolute Gasteiger partial charge is 0.242 e. The summed E-state index contributed by atoms with van der Waals surface area (Å²) in [5, 5.41) is 0. The predicted octanol–water partition coefficient (Wildman–Crippen LogP) is 1.84. The van der Waals surface area contributed by atoms with Gasteiger partial charge in [0, 0.05) is 25.5 Å². The molecule has 1 aromatic rings. The quantitative estimate of drug-likeness (QED) is 0.582. The Kier molecular flexibility index (Phi) is 3.74. The standard InChI is InChI=1S/C23H25N3O3/c27-19(25-9-5-14(6-10-25)13-3-7-24-8-4-13)12-26-22(28)20-15-1-2-16(18-11-17(15)18)21(20)23(26)29/h1-4,7-8,14-18,20-21H,5-6,9-12H2/t15-,16-,17-,18+,20+,21+/m0/s1. The molecule has 6 nitrogen and oxygen atoms in total. The van der Waals surface area contributed by atoms with Crippen LogP contribution in [0.5, 0.6) is 0 Å². The van der Waals surface area contributed by atoms with Gasteiger partial charge < -0.3 is 4.90 Å². The van der Waals surface area contributed by atoms with Crippen LogP contribution in [0.15, 0.2) is 36.7 Å². The van der Waals surface area contributed by atoms with Gasteiger partial charge in [0.2, 0.25) is 17.7 Å². The highest BCUT2D eigenvalue weighted by Gasteiger charge is 2.67. The van der Waals surface area contributed by atoms with E-state index in [2.05, 4.69) is 17.1 Å². The zero-order valence-electron chi connectivity index (χ0n) is 16.3. The molecule has 0 unspecified atom stereocenters. The molecule has 2 saturated heterocycles. The zero-order chi connectivity index (χ0) is 19.7. The molecule has 3 heterocycles. The fourth-order valence-corrected chi connectivity index (χ4v) is 6.51. The fraction of sp³-hybridized carbons (Fsp3) is 0.565. The number of piperidine rings is 1. The van der Waals surface area contributed by atoms with Gasteiger partial charge >= 0.3 is 0 Å². The molecule has 3 amide bonds. The van der Waals surface area contributed by atoms with Crippen molar-refractivity contribution >= 4 is 17.7 Å². The number of pyridine rings is 1. The van der Waals surface area contributed by atoms with Crippen molar-refractivity contribution in [2.75, 3.05) is 19.6 Å². The van der Waals surface area contributed by atoms with Crippen molar-refractivity contribution in [2.45, 2.75) is 25.2 Å². The van der Waals surface area contributed by atoms with E-state index in [1.54, 1.807) is 0 Å². The summed E-state index contributed by atoms with van der Waals surface area (Å²) in [5.41, 5.74) is 1.27. The monoisotopic (exact) mass is 391 g/mol. The molecule has 2 aliphatic heterocycles. The van der Waals surface area contributed by atoms with Gasteiger partial charge in [0.1, 0.15) is 6.54 Å². The number of carbonyl (C=O) groups excluding carboxylic acids is 3. The summed E-state index contributed by atoms with van der Waals surface area (Å²) in [7, 11) is 0. The average molecular weight is 391 g/mol. The van der Waals surface area contributed by atoms with Gasteiger partial charge in [-0.15, -0.1) is 0 Å². The van der Waals surface area contributed by atoms with Crippen molar-refractivity contribution in [1.82, 2.24) is 14.8 Å². The molecule has 6 atom stereocenters. The van der Waals surface area contributed by atoms with Gasteiger partial charge in [-0.2, -0.15) is 0 Å². The zero-order valence-corrected chi connectivity index (χ0v) is 16.3. The van der Waals surface area contributed by atoms with E-state index < -0.39 is 0 Å². The highest BCUT2D eigenvalue weighted by atomic mass is 16.2. The molecule has 1 aromatic heterocycles. The van der Waals surface area contributed by atoms with Crippen LogP contribution in [0.3, 0.4) is 0 Å². The van der Waals surface area contributed by atoms with E-state index >= 15 is 0 Å². The minimum atomic E-state index is -0.216. The fourth-order valence-electron chi connectivity index (χ4n) is 6.51. The van der Waals surface area contributed by atoms with Crippen LogP contribution in [0.4, 0.5) is 0 Å². The highest BCUT2D eigenvalue weighted by Crippen LogP contribution is 2.65. The maximum absolute atomic E-state index is 13.1. The molecule has 0 radical (unpaired) electrons. The molecule has 29 heavy (non-hydrogen) atoms. The van der Waals surface area contributed by atoms with Gasteiger partial charge in [-0.1, -0.05) is 12.2 Å². The molecule has 4 fully saturated rings. The van der Waals surface area contributed by atoms with Crippen LogP contribution in [0, 0.1) is 35.5 Å². The second kappa shape index (κ2) is 6.25. The second-order valence-electron chi connectivity index (χ2n) is 9.35. The lowest BCUT2D eigenvalue weighted by Gasteiger charge is -2.37. The molecule has 6 aliphatic rings. The lowest BCUT2D eigenvalue weighted by atomic mass is 9.63. The molecule has 0 spiro atoms. The first-order chi connectivity index (χ1) is 14.1. The van der Waals surface area contributed by atoms with Crippen LogP contribution in [-0.2, 0) is 14.4 Å². The predicted molar refractivity (Wildman–Crippen MR) is 104 cm³/mol. The van der Waals surface area contributed by atoms with Gasteiger partial charge in [0.25, 0.3) is 0 Å². The first kappa shape index (κ1) is 17.4. The van der Waals surface area contributed by atoms with Crippen molar-refractivity contribution < 1.29 is 14.4 Å². The summed E-state index contributed by atoms with van der Waals surface area (Å²) >= 11 is 0. The Bertz CT molecular complexity index is 869. The first-order valence-electron chi connectivity index (χ1n) is 10.8. The van der Waals surface area contributed by atoms with E-state index in [0.717, 1.165) is 19.3 Å². The van der Waals surface area contributed by atoms with Crippen LogP contribution in [0.25, 0.3) is 0 Å². The summed E-state index contributed by atoms with van der Waals surface area (Å²) in [6, 6.07) is 4.08. The van der Waals surface area contributed by atoms with Crippen molar-refractivity contribution in [3.05, 3.63) is 42.2 Å². The largest absolute Gasteiger partial charge is 0.341 e. The average Bonchev–Trinajstić information content (AvgIpc) is 3.55. The molecule has 0 N–H and O–H groups in total. The van der Waals surface area contributed by atoms with Crippen LogP contribution in [0.1, 0.15) is 30.7 Å². The molecule has 6 heteroatoms. The lowest BCUT2D eigenvalue weighted by Crippen LogP contribution is -2.46. The van der Waals surface area contributed by atoms with Crippen LogP contribution in [-0.4, -0.2) is 52.1 Å². The van der Waals surface area contributed by atoms with E-state index in [-0.39, 0.29) is 47.9 Å². The van der Waals surface area contributed by atoms with Gasteiger partial charge in [-0.05, 0) is 66.5 Å². The number of nitrogens with zero attached hydrogens (tertiary/aromatic N) is 3. The number of rotatable bonds is 3. The number of aromatic nitrogens is 1. The molecule has 150 valence electrons. The van der Waals surface area contributed by atoms with Gasteiger partial charge in [0.05, 0.1) is 11.8 Å². The van der Waals surface area contributed by atoms with Crippen LogP contribution in [0.2, 0.25) is 0 Å². The Morgan fingerprint density at radius 1 is 0.966 bits per heavy atom. The third-order valence-electron chi connectivity index (χ3n) is 8.07. The summed E-state index contributed by atoms with van der Waals surface area (Å²) in [5.74, 6) is 1.30. The van der Waals surface area contributed by atoms with Crippen molar-refractivity contribution in [1.29, 1.82) is 0 Å². The molecule has 2 saturated carbocycles. The number of hydrogen-bond donors (Lipinski definition) is 0. The maximum Gasteiger partial charge on any atom is 0.242 e. The van der Waals surface area contributed by atoms with Crippen LogP contribution < -0.4 is 0 Å². The summed E-state index contributed by atoms with van der Waals surface area (Å²) in [6.45, 7) is 1.26. The number of imide groups is 1. The number of allylic oxidation sites excluding steroid dienone is 2. The Balaban J connectivity index is 1.11. The third-order valence-corrected chi connectivity index (χ3v) is 8.07. The highest BCUT2D eigenvalue weighted by molar-refractivity contribution is 6.08. The molecule has 0 aromatic carbocycles. The van der Waals surface area contributed by atoms with Gasteiger partial charge in [-0.25, -0.2) is 0 Å². The Morgan fingerprint density at radius 2 is 1.55 bits per heavy atom. The van der Waals surface area contributed by atoms with Crippen molar-refractivity contribution in [3.63, 3.8) is 0 Å². The Morgan fingerprint density at radius 3 is 2.14 bits per heavy atom. The molecule has 4 aliphatic carbocycles. The topological polar surface area (TPSA) is 70.6 Å². The second-order valence-corrected chi connectivity index (χ2v) is 9.35. The summed E-state index contributed by atoms with van der Waals surface area (Å²) < 4.78 is 0. The molecule has 2 bridgehead atoms. The number of carbonyl (C=O) groups is 3. The molecule has 7 rings (SSSR count). The Hall–Kier alpha value is -2.50. The molecular formula is C23H25N3O3. The van der Waals surface area contributed by atoms with Crippen molar-refractivity contribution in [3.8, 4) is 0 Å². The van der Waals surface area contributed by atoms with E-state index in [0.29, 0.717) is 30.8 Å². The number of likely N-dealkylation sites (tertiary alicyclic amines) is 2. The van der Waals surface area contributed by atoms with Gasteiger partial charge in [-0.3, -0.25) is 24.3 Å². The van der Waals surface area contributed by atoms with Crippen molar-refractivity contribution in [2.24, 2.45) is 35.5 Å². The minimum Gasteiger partial charge on any atom is -0.341 e. The Labute approximate surface area is 170 Å². The number of amides is 3. The third kappa shape index (κ3) is 2.54. The SMILES string of the molecule is O=C(CN1C(=O)[C@@H]2[C@H]3C=C[C@@H]([C@@H]4C[C@H]34)[C@H]2C1=O)N1CCC(c2ccncc2)CC1. The van der Waals surface area contributed by atoms with E-state index in [1.807, 2.05) is 29.4 Å².